The second-order valence-electron chi connectivity index (χ2n) is 6.27. The summed E-state index contributed by atoms with van der Waals surface area (Å²) in [4.78, 5) is 25.2. The number of carbonyl (C=O) groups is 2. The molecular weight excluding hydrogens is 395 g/mol. The Morgan fingerprint density at radius 1 is 1.21 bits per heavy atom. The van der Waals surface area contributed by atoms with Crippen molar-refractivity contribution in [1.29, 1.82) is 0 Å². The van der Waals surface area contributed by atoms with Crippen LogP contribution in [0.3, 0.4) is 0 Å². The lowest BCUT2D eigenvalue weighted by Crippen LogP contribution is -2.27. The van der Waals surface area contributed by atoms with Crippen molar-refractivity contribution >= 4 is 29.3 Å². The van der Waals surface area contributed by atoms with Gasteiger partial charge in [-0.25, -0.2) is 4.39 Å². The molecule has 1 heterocycles. The molecule has 0 saturated heterocycles. The molecule has 8 nitrogen and oxygen atoms in total. The van der Waals surface area contributed by atoms with Crippen LogP contribution in [-0.4, -0.2) is 49.7 Å². The molecule has 0 radical (unpaired) electrons. The maximum Gasteiger partial charge on any atom is 0.233 e. The highest BCUT2D eigenvalue weighted by molar-refractivity contribution is 7.99. The molecule has 0 atom stereocenters. The Bertz CT molecular complexity index is 1010. The van der Waals surface area contributed by atoms with Gasteiger partial charge in [-0.15, -0.1) is 5.10 Å². The molecule has 29 heavy (non-hydrogen) atoms. The molecule has 2 amide bonds. The molecule has 0 aliphatic heterocycles. The van der Waals surface area contributed by atoms with Gasteiger partial charge in [-0.2, -0.15) is 4.68 Å². The predicted molar refractivity (Wildman–Crippen MR) is 107 cm³/mol. The van der Waals surface area contributed by atoms with Gasteiger partial charge in [0.05, 0.1) is 11.4 Å². The molecule has 0 aliphatic carbocycles. The summed E-state index contributed by atoms with van der Waals surface area (Å²) < 4.78 is 14.5. The monoisotopic (exact) mass is 414 g/mol. The van der Waals surface area contributed by atoms with E-state index in [9.17, 15) is 14.0 Å². The quantitative estimate of drug-likeness (QED) is 0.597. The smallest absolute Gasteiger partial charge is 0.233 e. The first-order valence-corrected chi connectivity index (χ1v) is 9.68. The Hall–Kier alpha value is -3.27. The SMILES string of the molecule is CC(=O)Nc1cccc(-n2nnnc2SCC(=O)N(C)Cc2ccc(F)cc2)c1. The molecule has 0 saturated carbocycles. The highest BCUT2D eigenvalue weighted by atomic mass is 32.2. The second-order valence-corrected chi connectivity index (χ2v) is 7.21. The standard InChI is InChI=1S/C19H19FN6O2S/c1-13(27)21-16-4-3-5-17(10-16)26-19(22-23-24-26)29-12-18(28)25(2)11-14-6-8-15(20)9-7-14/h3-10H,11-12H2,1-2H3,(H,21,27). The third-order valence-corrected chi connectivity index (χ3v) is 4.84. The van der Waals surface area contributed by atoms with Crippen LogP contribution in [0.2, 0.25) is 0 Å². The fourth-order valence-corrected chi connectivity index (χ4v) is 3.37. The summed E-state index contributed by atoms with van der Waals surface area (Å²) in [7, 11) is 1.69. The van der Waals surface area contributed by atoms with Gasteiger partial charge in [0.15, 0.2) is 0 Å². The van der Waals surface area contributed by atoms with Gasteiger partial charge in [-0.3, -0.25) is 9.59 Å². The largest absolute Gasteiger partial charge is 0.341 e. The molecule has 0 bridgehead atoms. The Labute approximate surface area is 171 Å². The van der Waals surface area contributed by atoms with E-state index < -0.39 is 0 Å². The van der Waals surface area contributed by atoms with E-state index in [2.05, 4.69) is 20.8 Å². The Morgan fingerprint density at radius 2 is 1.97 bits per heavy atom. The van der Waals surface area contributed by atoms with Crippen LogP contribution in [0.4, 0.5) is 10.1 Å². The molecule has 3 aromatic rings. The van der Waals surface area contributed by atoms with Crippen LogP contribution in [0, 0.1) is 5.82 Å². The summed E-state index contributed by atoms with van der Waals surface area (Å²) in [5.41, 5.74) is 2.12. The van der Waals surface area contributed by atoms with E-state index in [0.29, 0.717) is 23.1 Å². The number of amides is 2. The average molecular weight is 414 g/mol. The summed E-state index contributed by atoms with van der Waals surface area (Å²) in [5.74, 6) is -0.458. The summed E-state index contributed by atoms with van der Waals surface area (Å²) in [6.45, 7) is 1.81. The Morgan fingerprint density at radius 3 is 2.69 bits per heavy atom. The molecule has 3 rings (SSSR count). The van der Waals surface area contributed by atoms with Crippen molar-refractivity contribution in [2.75, 3.05) is 18.1 Å². The van der Waals surface area contributed by atoms with Gasteiger partial charge in [-0.1, -0.05) is 30.0 Å². The molecular formula is C19H19FN6O2S. The molecule has 0 fully saturated rings. The number of nitrogens with zero attached hydrogens (tertiary/aromatic N) is 5. The maximum atomic E-state index is 13.0. The van der Waals surface area contributed by atoms with Crippen LogP contribution in [0.25, 0.3) is 5.69 Å². The number of tetrazole rings is 1. The van der Waals surface area contributed by atoms with Crippen molar-refractivity contribution < 1.29 is 14.0 Å². The van der Waals surface area contributed by atoms with Crippen LogP contribution < -0.4 is 5.32 Å². The van der Waals surface area contributed by atoms with Crippen LogP contribution >= 0.6 is 11.8 Å². The topological polar surface area (TPSA) is 93.0 Å². The van der Waals surface area contributed by atoms with E-state index in [1.54, 1.807) is 48.3 Å². The number of halogens is 1. The molecule has 1 N–H and O–H groups in total. The zero-order valence-corrected chi connectivity index (χ0v) is 16.7. The fourth-order valence-electron chi connectivity index (χ4n) is 2.54. The first kappa shape index (κ1) is 20.5. The zero-order valence-electron chi connectivity index (χ0n) is 15.9. The van der Waals surface area contributed by atoms with Crippen molar-refractivity contribution in [2.24, 2.45) is 0 Å². The minimum Gasteiger partial charge on any atom is -0.341 e. The van der Waals surface area contributed by atoms with Crippen LogP contribution in [0.5, 0.6) is 0 Å². The molecule has 1 aromatic heterocycles. The number of nitrogens with one attached hydrogen (secondary N) is 1. The normalized spacial score (nSPS) is 10.6. The first-order valence-electron chi connectivity index (χ1n) is 8.70. The summed E-state index contributed by atoms with van der Waals surface area (Å²) in [5, 5.41) is 14.8. The van der Waals surface area contributed by atoms with Crippen molar-refractivity contribution in [3.63, 3.8) is 0 Å². The molecule has 150 valence electrons. The van der Waals surface area contributed by atoms with E-state index >= 15 is 0 Å². The number of thioether (sulfide) groups is 1. The van der Waals surface area contributed by atoms with Crippen molar-refractivity contribution in [1.82, 2.24) is 25.1 Å². The van der Waals surface area contributed by atoms with E-state index in [1.807, 2.05) is 0 Å². The van der Waals surface area contributed by atoms with Gasteiger partial charge in [0.2, 0.25) is 17.0 Å². The first-order chi connectivity index (χ1) is 13.9. The molecule has 0 aliphatic rings. The summed E-state index contributed by atoms with van der Waals surface area (Å²) >= 11 is 1.21. The number of aromatic nitrogens is 4. The van der Waals surface area contributed by atoms with E-state index in [4.69, 9.17) is 0 Å². The fraction of sp³-hybridized carbons (Fsp3) is 0.211. The number of hydrogen-bond donors (Lipinski definition) is 1. The Balaban J connectivity index is 1.63. The third-order valence-electron chi connectivity index (χ3n) is 3.94. The lowest BCUT2D eigenvalue weighted by atomic mass is 10.2. The molecule has 2 aromatic carbocycles. The number of anilines is 1. The average Bonchev–Trinajstić information content (AvgIpc) is 3.16. The van der Waals surface area contributed by atoms with E-state index in [0.717, 1.165) is 5.56 Å². The van der Waals surface area contributed by atoms with E-state index in [1.165, 1.54) is 35.5 Å². The minimum absolute atomic E-state index is 0.110. The highest BCUT2D eigenvalue weighted by Crippen LogP contribution is 2.21. The summed E-state index contributed by atoms with van der Waals surface area (Å²) in [6, 6.07) is 13.1. The predicted octanol–water partition coefficient (Wildman–Crippen LogP) is 2.51. The second kappa shape index (κ2) is 9.28. The van der Waals surface area contributed by atoms with Crippen LogP contribution in [0.1, 0.15) is 12.5 Å². The van der Waals surface area contributed by atoms with Gasteiger partial charge in [0, 0.05) is 26.2 Å². The lowest BCUT2D eigenvalue weighted by Gasteiger charge is -2.17. The van der Waals surface area contributed by atoms with Crippen molar-refractivity contribution in [3.05, 3.63) is 59.9 Å². The highest BCUT2D eigenvalue weighted by Gasteiger charge is 2.15. The lowest BCUT2D eigenvalue weighted by molar-refractivity contribution is -0.127. The number of carbonyl (C=O) groups excluding carboxylic acids is 2. The van der Waals surface area contributed by atoms with Crippen LogP contribution in [0.15, 0.2) is 53.7 Å². The van der Waals surface area contributed by atoms with Crippen molar-refractivity contribution in [3.8, 4) is 5.69 Å². The number of rotatable bonds is 7. The summed E-state index contributed by atoms with van der Waals surface area (Å²) in [6.07, 6.45) is 0. The maximum absolute atomic E-state index is 13.0. The molecule has 0 spiro atoms. The van der Waals surface area contributed by atoms with Crippen molar-refractivity contribution in [2.45, 2.75) is 18.6 Å². The van der Waals surface area contributed by atoms with Gasteiger partial charge >= 0.3 is 0 Å². The number of hydrogen-bond acceptors (Lipinski definition) is 6. The third kappa shape index (κ3) is 5.61. The van der Waals surface area contributed by atoms with E-state index in [-0.39, 0.29) is 23.4 Å². The zero-order chi connectivity index (χ0) is 20.8. The minimum atomic E-state index is -0.312. The van der Waals surface area contributed by atoms with Gasteiger partial charge in [-0.05, 0) is 46.3 Å². The molecule has 0 unspecified atom stereocenters. The molecule has 10 heteroatoms. The van der Waals surface area contributed by atoms with Gasteiger partial charge in [0.25, 0.3) is 0 Å². The van der Waals surface area contributed by atoms with Crippen LogP contribution in [-0.2, 0) is 16.1 Å². The van der Waals surface area contributed by atoms with Gasteiger partial charge in [0.1, 0.15) is 5.82 Å². The Kier molecular flexibility index (Phi) is 6.55. The number of benzene rings is 2. The van der Waals surface area contributed by atoms with Gasteiger partial charge < -0.3 is 10.2 Å².